The summed E-state index contributed by atoms with van der Waals surface area (Å²) in [4.78, 5) is 23.4. The first-order chi connectivity index (χ1) is 12.6. The summed E-state index contributed by atoms with van der Waals surface area (Å²) in [5, 5.41) is 6.57. The van der Waals surface area contributed by atoms with Crippen LogP contribution in [-0.2, 0) is 14.3 Å². The second-order valence-electron chi connectivity index (χ2n) is 7.65. The number of carbonyl (C=O) groups is 2. The van der Waals surface area contributed by atoms with Gasteiger partial charge in [0.25, 0.3) is 5.88 Å². The van der Waals surface area contributed by atoms with E-state index in [-0.39, 0.29) is 11.9 Å². The van der Waals surface area contributed by atoms with Crippen LogP contribution in [0.4, 0.5) is 4.79 Å². The lowest BCUT2D eigenvalue weighted by molar-refractivity contribution is -0.144. The van der Waals surface area contributed by atoms with Gasteiger partial charge in [0.2, 0.25) is 0 Å². The minimum atomic E-state index is -0.501. The number of unbranched alkanes of at least 4 members (excludes halogenated alkanes) is 2. The molecule has 0 aliphatic rings. The Morgan fingerprint density at radius 1 is 1.22 bits per heavy atom. The molecule has 1 N–H and O–H groups in total. The number of aromatic nitrogens is 1. The molecule has 1 unspecified atom stereocenters. The van der Waals surface area contributed by atoms with Gasteiger partial charge in [0.15, 0.2) is 5.76 Å². The molecule has 1 atom stereocenters. The molecule has 1 aromatic rings. The van der Waals surface area contributed by atoms with E-state index in [9.17, 15) is 9.59 Å². The summed E-state index contributed by atoms with van der Waals surface area (Å²) in [6.07, 6.45) is 2.11. The number of amides is 1. The Labute approximate surface area is 160 Å². The Balaban J connectivity index is 2.25. The van der Waals surface area contributed by atoms with Crippen molar-refractivity contribution in [3.63, 3.8) is 0 Å². The molecule has 1 heterocycles. The molecule has 8 nitrogen and oxygen atoms in total. The Morgan fingerprint density at radius 2 is 1.93 bits per heavy atom. The highest BCUT2D eigenvalue weighted by atomic mass is 16.6. The van der Waals surface area contributed by atoms with Gasteiger partial charge in [-0.15, -0.1) is 0 Å². The monoisotopic (exact) mass is 384 g/mol. The maximum Gasteiger partial charge on any atom is 0.407 e. The first-order valence-electron chi connectivity index (χ1n) is 9.28. The summed E-state index contributed by atoms with van der Waals surface area (Å²) >= 11 is 0. The summed E-state index contributed by atoms with van der Waals surface area (Å²) in [6, 6.07) is 1.63. The molecule has 154 valence electrons. The van der Waals surface area contributed by atoms with Crippen LogP contribution in [0.25, 0.3) is 0 Å². The predicted molar refractivity (Wildman–Crippen MR) is 99.7 cm³/mol. The highest BCUT2D eigenvalue weighted by Gasteiger charge is 2.29. The molecule has 0 aliphatic carbocycles. The SMILES string of the molecule is COC(=O)C(c1cc(OCCCCCNC(=O)OC(C)(C)C)no1)C(C)C. The number of methoxy groups -OCH3 is 1. The van der Waals surface area contributed by atoms with Gasteiger partial charge in [-0.3, -0.25) is 4.79 Å². The van der Waals surface area contributed by atoms with E-state index >= 15 is 0 Å². The van der Waals surface area contributed by atoms with Crippen LogP contribution in [0.2, 0.25) is 0 Å². The zero-order valence-corrected chi connectivity index (χ0v) is 17.2. The molecule has 0 radical (unpaired) electrons. The Bertz CT molecular complexity index is 591. The van der Waals surface area contributed by atoms with Crippen molar-refractivity contribution in [3.05, 3.63) is 11.8 Å². The van der Waals surface area contributed by atoms with Gasteiger partial charge in [-0.05, 0) is 51.1 Å². The second-order valence-corrected chi connectivity index (χ2v) is 7.65. The highest BCUT2D eigenvalue weighted by Crippen LogP contribution is 2.28. The summed E-state index contributed by atoms with van der Waals surface area (Å²) in [6.45, 7) is 10.3. The summed E-state index contributed by atoms with van der Waals surface area (Å²) in [5.74, 6) is -0.0421. The molecular weight excluding hydrogens is 352 g/mol. The Kier molecular flexibility index (Phi) is 9.11. The number of hydrogen-bond donors (Lipinski definition) is 1. The molecule has 0 saturated heterocycles. The molecule has 27 heavy (non-hydrogen) atoms. The number of nitrogens with zero attached hydrogens (tertiary/aromatic N) is 1. The third-order valence-corrected chi connectivity index (χ3v) is 3.67. The number of alkyl carbamates (subject to hydrolysis) is 1. The van der Waals surface area contributed by atoms with Crippen LogP contribution in [0.1, 0.15) is 65.6 Å². The topological polar surface area (TPSA) is 99.9 Å². The van der Waals surface area contributed by atoms with E-state index in [0.717, 1.165) is 19.3 Å². The lowest BCUT2D eigenvalue weighted by atomic mass is 9.93. The van der Waals surface area contributed by atoms with Crippen molar-refractivity contribution in [3.8, 4) is 5.88 Å². The largest absolute Gasteiger partial charge is 0.476 e. The standard InChI is InChI=1S/C19H32N2O6/c1-13(2)16(17(22)24-6)14-12-15(21-27-14)25-11-9-7-8-10-20-18(23)26-19(3,4)5/h12-13,16H,7-11H2,1-6H3,(H,20,23). The number of rotatable bonds is 10. The van der Waals surface area contributed by atoms with E-state index in [1.54, 1.807) is 6.07 Å². The molecule has 0 bridgehead atoms. The molecule has 1 aromatic heterocycles. The summed E-state index contributed by atoms with van der Waals surface area (Å²) in [5.41, 5.74) is -0.489. The lowest BCUT2D eigenvalue weighted by Gasteiger charge is -2.19. The van der Waals surface area contributed by atoms with Crippen molar-refractivity contribution in [2.45, 2.75) is 65.4 Å². The molecule has 1 rings (SSSR count). The summed E-state index contributed by atoms with van der Waals surface area (Å²) in [7, 11) is 1.35. The van der Waals surface area contributed by atoms with Crippen molar-refractivity contribution in [2.24, 2.45) is 5.92 Å². The summed E-state index contributed by atoms with van der Waals surface area (Å²) < 4.78 is 20.8. The first kappa shape index (κ1) is 22.8. The number of nitrogens with one attached hydrogen (secondary N) is 1. The van der Waals surface area contributed by atoms with Gasteiger partial charge < -0.3 is 24.1 Å². The van der Waals surface area contributed by atoms with Gasteiger partial charge in [0.05, 0.1) is 13.7 Å². The van der Waals surface area contributed by atoms with Crippen LogP contribution in [-0.4, -0.2) is 43.1 Å². The first-order valence-corrected chi connectivity index (χ1v) is 9.28. The van der Waals surface area contributed by atoms with Crippen LogP contribution in [0.15, 0.2) is 10.6 Å². The molecule has 0 spiro atoms. The van der Waals surface area contributed by atoms with Crippen LogP contribution >= 0.6 is 0 Å². The predicted octanol–water partition coefficient (Wildman–Crippen LogP) is 3.66. The second kappa shape index (κ2) is 10.8. The van der Waals surface area contributed by atoms with E-state index in [1.165, 1.54) is 7.11 Å². The van der Waals surface area contributed by atoms with E-state index in [1.807, 2.05) is 34.6 Å². The number of ether oxygens (including phenoxy) is 3. The van der Waals surface area contributed by atoms with E-state index in [2.05, 4.69) is 10.5 Å². The fraction of sp³-hybridized carbons (Fsp3) is 0.737. The smallest absolute Gasteiger partial charge is 0.407 e. The van der Waals surface area contributed by atoms with Gasteiger partial charge in [0.1, 0.15) is 11.5 Å². The fourth-order valence-electron chi connectivity index (χ4n) is 2.42. The minimum absolute atomic E-state index is 0.0238. The van der Waals surface area contributed by atoms with Gasteiger partial charge in [-0.25, -0.2) is 4.79 Å². The maximum absolute atomic E-state index is 11.9. The third-order valence-electron chi connectivity index (χ3n) is 3.67. The quantitative estimate of drug-likeness (QED) is 0.485. The molecular formula is C19H32N2O6. The number of hydrogen-bond acceptors (Lipinski definition) is 7. The van der Waals surface area contributed by atoms with Gasteiger partial charge in [-0.2, -0.15) is 0 Å². The Hall–Kier alpha value is -2.25. The van der Waals surface area contributed by atoms with Crippen LogP contribution < -0.4 is 10.1 Å². The van der Waals surface area contributed by atoms with Crippen LogP contribution in [0.5, 0.6) is 5.88 Å². The zero-order valence-electron chi connectivity index (χ0n) is 17.2. The Morgan fingerprint density at radius 3 is 2.52 bits per heavy atom. The molecule has 0 saturated carbocycles. The zero-order chi connectivity index (χ0) is 20.4. The van der Waals surface area contributed by atoms with Crippen molar-refractivity contribution in [1.29, 1.82) is 0 Å². The minimum Gasteiger partial charge on any atom is -0.476 e. The molecule has 0 aromatic carbocycles. The van der Waals surface area contributed by atoms with Gasteiger partial charge in [-0.1, -0.05) is 13.8 Å². The average molecular weight is 384 g/mol. The van der Waals surface area contributed by atoms with Crippen molar-refractivity contribution in [2.75, 3.05) is 20.3 Å². The van der Waals surface area contributed by atoms with E-state index in [4.69, 9.17) is 18.7 Å². The number of esters is 1. The van der Waals surface area contributed by atoms with Crippen molar-refractivity contribution >= 4 is 12.1 Å². The van der Waals surface area contributed by atoms with Gasteiger partial charge >= 0.3 is 12.1 Å². The van der Waals surface area contributed by atoms with Crippen LogP contribution in [0.3, 0.4) is 0 Å². The van der Waals surface area contributed by atoms with Crippen molar-refractivity contribution in [1.82, 2.24) is 10.5 Å². The highest BCUT2D eigenvalue weighted by molar-refractivity contribution is 5.77. The number of carbonyl (C=O) groups excluding carboxylic acids is 2. The maximum atomic E-state index is 11.9. The molecule has 1 amide bonds. The fourth-order valence-corrected chi connectivity index (χ4v) is 2.42. The average Bonchev–Trinajstić information content (AvgIpc) is 3.00. The normalized spacial score (nSPS) is 12.6. The van der Waals surface area contributed by atoms with Crippen LogP contribution in [0, 0.1) is 5.92 Å². The third kappa shape index (κ3) is 8.79. The molecule has 0 fully saturated rings. The van der Waals surface area contributed by atoms with E-state index < -0.39 is 17.6 Å². The molecule has 0 aliphatic heterocycles. The lowest BCUT2D eigenvalue weighted by Crippen LogP contribution is -2.33. The molecule has 8 heteroatoms. The van der Waals surface area contributed by atoms with Gasteiger partial charge in [0, 0.05) is 12.6 Å². The van der Waals surface area contributed by atoms with E-state index in [0.29, 0.717) is 24.8 Å². The van der Waals surface area contributed by atoms with Crippen molar-refractivity contribution < 1.29 is 28.3 Å².